The van der Waals surface area contributed by atoms with Gasteiger partial charge in [0, 0.05) is 5.69 Å². The van der Waals surface area contributed by atoms with E-state index in [9.17, 15) is 4.79 Å². The zero-order valence-corrected chi connectivity index (χ0v) is 20.0. The van der Waals surface area contributed by atoms with Crippen LogP contribution in [-0.2, 0) is 0 Å². The SMILES string of the molecule is CCCC[N+](CCCC)(CCCC)CCCC.Cc1cc(C(=O)O)cc(C)c1N. The molecule has 29 heavy (non-hydrogen) atoms. The van der Waals surface area contributed by atoms with Crippen LogP contribution in [0, 0.1) is 13.8 Å². The molecule has 0 spiro atoms. The van der Waals surface area contributed by atoms with Gasteiger partial charge in [-0.2, -0.15) is 0 Å². The molecule has 0 saturated carbocycles. The summed E-state index contributed by atoms with van der Waals surface area (Å²) in [4.78, 5) is 10.6. The first kappa shape index (κ1) is 27.5. The van der Waals surface area contributed by atoms with Crippen molar-refractivity contribution in [3.05, 3.63) is 28.8 Å². The lowest BCUT2D eigenvalue weighted by Crippen LogP contribution is -2.50. The van der Waals surface area contributed by atoms with Crippen LogP contribution >= 0.6 is 0 Å². The summed E-state index contributed by atoms with van der Waals surface area (Å²) in [6.45, 7) is 18.6. The van der Waals surface area contributed by atoms with E-state index in [0.717, 1.165) is 11.1 Å². The number of hydrogen-bond donors (Lipinski definition) is 2. The largest absolute Gasteiger partial charge is 0.478 e. The van der Waals surface area contributed by atoms with Gasteiger partial charge in [-0.1, -0.05) is 53.4 Å². The van der Waals surface area contributed by atoms with Crippen LogP contribution in [0.15, 0.2) is 12.1 Å². The molecule has 0 saturated heterocycles. The number of nitrogens with two attached hydrogens (primary N) is 1. The number of hydrogen-bond acceptors (Lipinski definition) is 2. The van der Waals surface area contributed by atoms with E-state index in [1.165, 1.54) is 82.0 Å². The molecule has 0 fully saturated rings. The van der Waals surface area contributed by atoms with Gasteiger partial charge in [0.25, 0.3) is 0 Å². The van der Waals surface area contributed by atoms with Crippen molar-refractivity contribution in [2.24, 2.45) is 0 Å². The fraction of sp³-hybridized carbons (Fsp3) is 0.720. The summed E-state index contributed by atoms with van der Waals surface area (Å²) in [6, 6.07) is 3.15. The van der Waals surface area contributed by atoms with Crippen molar-refractivity contribution in [3.8, 4) is 0 Å². The maximum Gasteiger partial charge on any atom is 0.335 e. The zero-order chi connectivity index (χ0) is 22.3. The number of carboxylic acids is 1. The molecule has 0 aliphatic rings. The second-order valence-electron chi connectivity index (χ2n) is 8.48. The van der Waals surface area contributed by atoms with E-state index in [-0.39, 0.29) is 0 Å². The van der Waals surface area contributed by atoms with Crippen LogP contribution in [0.2, 0.25) is 0 Å². The van der Waals surface area contributed by atoms with Crippen molar-refractivity contribution in [1.29, 1.82) is 0 Å². The first-order valence-corrected chi connectivity index (χ1v) is 11.7. The van der Waals surface area contributed by atoms with Crippen LogP contribution in [0.1, 0.15) is 101 Å². The topological polar surface area (TPSA) is 63.3 Å². The van der Waals surface area contributed by atoms with Crippen molar-refractivity contribution >= 4 is 11.7 Å². The molecular formula is C25H47N2O2+. The summed E-state index contributed by atoms with van der Waals surface area (Å²) in [5.74, 6) is -0.916. The van der Waals surface area contributed by atoms with Crippen LogP contribution in [0.4, 0.5) is 5.69 Å². The Kier molecular flexibility index (Phi) is 14.5. The van der Waals surface area contributed by atoms with Crippen molar-refractivity contribution in [3.63, 3.8) is 0 Å². The van der Waals surface area contributed by atoms with Crippen molar-refractivity contribution in [1.82, 2.24) is 0 Å². The van der Waals surface area contributed by atoms with E-state index in [0.29, 0.717) is 11.3 Å². The Bertz CT molecular complexity index is 524. The van der Waals surface area contributed by atoms with E-state index < -0.39 is 5.97 Å². The molecule has 0 unspecified atom stereocenters. The number of aryl methyl sites for hydroxylation is 2. The lowest BCUT2D eigenvalue weighted by Gasteiger charge is -2.39. The zero-order valence-electron chi connectivity index (χ0n) is 20.0. The summed E-state index contributed by atoms with van der Waals surface area (Å²) in [6.07, 6.45) is 11.1. The summed E-state index contributed by atoms with van der Waals surface area (Å²) in [5.41, 5.74) is 8.24. The molecule has 168 valence electrons. The van der Waals surface area contributed by atoms with Gasteiger partial charge < -0.3 is 15.3 Å². The first-order chi connectivity index (χ1) is 13.8. The number of benzene rings is 1. The molecule has 0 atom stereocenters. The minimum atomic E-state index is -0.916. The molecule has 4 heteroatoms. The number of carboxylic acid groups (broad SMARTS) is 1. The molecule has 0 aliphatic heterocycles. The highest BCUT2D eigenvalue weighted by atomic mass is 16.4. The smallest absolute Gasteiger partial charge is 0.335 e. The number of rotatable bonds is 13. The maximum absolute atomic E-state index is 10.6. The Balaban J connectivity index is 0.000000571. The Labute approximate surface area is 180 Å². The molecule has 0 radical (unpaired) electrons. The Morgan fingerprint density at radius 3 is 1.34 bits per heavy atom. The number of nitrogen functional groups attached to an aromatic ring is 1. The highest BCUT2D eigenvalue weighted by molar-refractivity contribution is 5.89. The second-order valence-corrected chi connectivity index (χ2v) is 8.48. The van der Waals surface area contributed by atoms with E-state index in [2.05, 4.69) is 27.7 Å². The lowest BCUT2D eigenvalue weighted by atomic mass is 10.1. The minimum absolute atomic E-state index is 0.291. The predicted molar refractivity (Wildman–Crippen MR) is 127 cm³/mol. The van der Waals surface area contributed by atoms with Gasteiger partial charge in [-0.25, -0.2) is 4.79 Å². The molecule has 1 aromatic carbocycles. The fourth-order valence-electron chi connectivity index (χ4n) is 3.74. The first-order valence-electron chi connectivity index (χ1n) is 11.7. The van der Waals surface area contributed by atoms with Crippen LogP contribution in [0.3, 0.4) is 0 Å². The summed E-state index contributed by atoms with van der Waals surface area (Å²) >= 11 is 0. The number of unbranched alkanes of at least 4 members (excludes halogenated alkanes) is 4. The number of anilines is 1. The highest BCUT2D eigenvalue weighted by Crippen LogP contribution is 2.18. The maximum atomic E-state index is 10.6. The fourth-order valence-corrected chi connectivity index (χ4v) is 3.74. The Morgan fingerprint density at radius 2 is 1.10 bits per heavy atom. The van der Waals surface area contributed by atoms with Gasteiger partial charge >= 0.3 is 5.97 Å². The van der Waals surface area contributed by atoms with Gasteiger partial charge in [0.2, 0.25) is 0 Å². The van der Waals surface area contributed by atoms with Crippen LogP contribution in [0.5, 0.6) is 0 Å². The number of nitrogens with zero attached hydrogens (tertiary/aromatic N) is 1. The molecule has 1 aromatic rings. The predicted octanol–water partition coefficient (Wildman–Crippen LogP) is 6.59. The molecule has 0 heterocycles. The lowest BCUT2D eigenvalue weighted by molar-refractivity contribution is -0.929. The highest BCUT2D eigenvalue weighted by Gasteiger charge is 2.24. The molecule has 1 rings (SSSR count). The third kappa shape index (κ3) is 10.7. The van der Waals surface area contributed by atoms with Gasteiger partial charge in [-0.15, -0.1) is 0 Å². The van der Waals surface area contributed by atoms with Crippen LogP contribution < -0.4 is 5.73 Å². The van der Waals surface area contributed by atoms with E-state index in [1.807, 2.05) is 0 Å². The molecular weight excluding hydrogens is 360 g/mol. The number of carbonyl (C=O) groups is 1. The van der Waals surface area contributed by atoms with E-state index in [1.54, 1.807) is 26.0 Å². The second kappa shape index (κ2) is 15.3. The molecule has 0 bridgehead atoms. The number of quaternary nitrogens is 1. The Hall–Kier alpha value is -1.55. The summed E-state index contributed by atoms with van der Waals surface area (Å²) in [5, 5.41) is 8.68. The quantitative estimate of drug-likeness (QED) is 0.286. The number of aromatic carboxylic acids is 1. The average Bonchev–Trinajstić information content (AvgIpc) is 2.71. The Morgan fingerprint density at radius 1 is 0.793 bits per heavy atom. The minimum Gasteiger partial charge on any atom is -0.478 e. The van der Waals surface area contributed by atoms with Gasteiger partial charge in [-0.3, -0.25) is 0 Å². The third-order valence-electron chi connectivity index (χ3n) is 5.78. The van der Waals surface area contributed by atoms with Gasteiger partial charge in [0.1, 0.15) is 0 Å². The molecule has 0 aromatic heterocycles. The summed E-state index contributed by atoms with van der Waals surface area (Å²) < 4.78 is 1.42. The van der Waals surface area contributed by atoms with Crippen LogP contribution in [-0.4, -0.2) is 41.7 Å². The van der Waals surface area contributed by atoms with Crippen LogP contribution in [0.25, 0.3) is 0 Å². The average molecular weight is 408 g/mol. The van der Waals surface area contributed by atoms with Crippen molar-refractivity contribution in [2.75, 3.05) is 31.9 Å². The van der Waals surface area contributed by atoms with E-state index in [4.69, 9.17) is 10.8 Å². The van der Waals surface area contributed by atoms with Gasteiger partial charge in [0.05, 0.1) is 31.7 Å². The van der Waals surface area contributed by atoms with Crippen molar-refractivity contribution < 1.29 is 14.4 Å². The van der Waals surface area contributed by atoms with E-state index >= 15 is 0 Å². The standard InChI is InChI=1S/C16H36N.C9H11NO2/c1-5-9-13-17(14-10-6-2,15-11-7-3)16-12-8-4;1-5-3-7(9(11)12)4-6(2)8(5)10/h5-16H2,1-4H3;3-4H,10H2,1-2H3,(H,11,12)/q+1;. The molecule has 0 amide bonds. The monoisotopic (exact) mass is 407 g/mol. The normalized spacial score (nSPS) is 11.1. The molecule has 4 nitrogen and oxygen atoms in total. The van der Waals surface area contributed by atoms with Crippen molar-refractivity contribution in [2.45, 2.75) is 92.9 Å². The molecule has 3 N–H and O–H groups in total. The van der Waals surface area contributed by atoms with Gasteiger partial charge in [-0.05, 0) is 62.8 Å². The summed E-state index contributed by atoms with van der Waals surface area (Å²) in [7, 11) is 0. The molecule has 0 aliphatic carbocycles. The third-order valence-corrected chi connectivity index (χ3v) is 5.78. The van der Waals surface area contributed by atoms with Gasteiger partial charge in [0.15, 0.2) is 0 Å².